The molecule has 0 unspecified atom stereocenters. The molecule has 20 heavy (non-hydrogen) atoms. The SMILES string of the molecule is CNC(=O)[C@H](C)OC(=O)c1ccc(OC(F)(F)F)cc1. The number of alkyl halides is 3. The summed E-state index contributed by atoms with van der Waals surface area (Å²) in [5, 5.41) is 2.30. The van der Waals surface area contributed by atoms with E-state index in [1.807, 2.05) is 0 Å². The highest BCUT2D eigenvalue weighted by molar-refractivity contribution is 5.92. The van der Waals surface area contributed by atoms with Gasteiger partial charge < -0.3 is 14.8 Å². The Hall–Kier alpha value is -2.25. The van der Waals surface area contributed by atoms with E-state index in [1.54, 1.807) is 0 Å². The van der Waals surface area contributed by atoms with Crippen LogP contribution in [0.5, 0.6) is 5.75 Å². The van der Waals surface area contributed by atoms with Gasteiger partial charge in [0.2, 0.25) is 0 Å². The fourth-order valence-corrected chi connectivity index (χ4v) is 1.28. The minimum absolute atomic E-state index is 0.00952. The first-order valence-corrected chi connectivity index (χ1v) is 5.51. The van der Waals surface area contributed by atoms with E-state index in [0.29, 0.717) is 0 Å². The number of hydrogen-bond donors (Lipinski definition) is 1. The summed E-state index contributed by atoms with van der Waals surface area (Å²) in [7, 11) is 1.38. The molecule has 0 spiro atoms. The van der Waals surface area contributed by atoms with Crippen molar-refractivity contribution in [1.29, 1.82) is 0 Å². The Balaban J connectivity index is 2.69. The predicted molar refractivity (Wildman–Crippen MR) is 62.1 cm³/mol. The number of ether oxygens (including phenoxy) is 2. The quantitative estimate of drug-likeness (QED) is 0.860. The summed E-state index contributed by atoms with van der Waals surface area (Å²) >= 11 is 0. The van der Waals surface area contributed by atoms with E-state index >= 15 is 0 Å². The summed E-state index contributed by atoms with van der Waals surface area (Å²) in [6, 6.07) is 4.18. The Morgan fingerprint density at radius 1 is 1.20 bits per heavy atom. The number of likely N-dealkylation sites (N-methyl/N-ethyl adjacent to an activating group) is 1. The number of benzene rings is 1. The van der Waals surface area contributed by atoms with Crippen LogP contribution >= 0.6 is 0 Å². The molecule has 1 aromatic carbocycles. The lowest BCUT2D eigenvalue weighted by molar-refractivity contribution is -0.274. The third-order valence-electron chi connectivity index (χ3n) is 2.22. The third-order valence-corrected chi connectivity index (χ3v) is 2.22. The summed E-state index contributed by atoms with van der Waals surface area (Å²) in [6.45, 7) is 1.37. The van der Waals surface area contributed by atoms with E-state index in [4.69, 9.17) is 4.74 Å². The van der Waals surface area contributed by atoms with Crippen LogP contribution in [-0.2, 0) is 9.53 Å². The first-order chi connectivity index (χ1) is 9.23. The molecule has 0 radical (unpaired) electrons. The molecule has 110 valence electrons. The van der Waals surface area contributed by atoms with Crippen LogP contribution in [0, 0.1) is 0 Å². The number of esters is 1. The molecule has 1 amide bonds. The Kier molecular flexibility index (Phi) is 4.95. The number of rotatable bonds is 4. The lowest BCUT2D eigenvalue weighted by atomic mass is 10.2. The maximum absolute atomic E-state index is 11.9. The number of amides is 1. The van der Waals surface area contributed by atoms with Crippen molar-refractivity contribution in [3.8, 4) is 5.75 Å². The molecule has 0 aliphatic heterocycles. The number of hydrogen-bond acceptors (Lipinski definition) is 4. The maximum Gasteiger partial charge on any atom is 0.573 e. The Labute approximate surface area is 112 Å². The average molecular weight is 291 g/mol. The molecule has 1 N–H and O–H groups in total. The lowest BCUT2D eigenvalue weighted by Crippen LogP contribution is -2.33. The summed E-state index contributed by atoms with van der Waals surface area (Å²) in [6.07, 6.45) is -5.80. The normalized spacial score (nSPS) is 12.4. The molecule has 0 saturated carbocycles. The van der Waals surface area contributed by atoms with Gasteiger partial charge in [0.15, 0.2) is 6.10 Å². The van der Waals surface area contributed by atoms with Gasteiger partial charge in [-0.05, 0) is 31.2 Å². The maximum atomic E-state index is 11.9. The minimum Gasteiger partial charge on any atom is -0.449 e. The Morgan fingerprint density at radius 2 is 1.75 bits per heavy atom. The zero-order valence-electron chi connectivity index (χ0n) is 10.7. The van der Waals surface area contributed by atoms with Gasteiger partial charge in [0, 0.05) is 7.05 Å². The van der Waals surface area contributed by atoms with E-state index in [9.17, 15) is 22.8 Å². The van der Waals surface area contributed by atoms with E-state index in [0.717, 1.165) is 24.3 Å². The molecule has 0 heterocycles. The van der Waals surface area contributed by atoms with E-state index in [-0.39, 0.29) is 5.56 Å². The van der Waals surface area contributed by atoms with Gasteiger partial charge >= 0.3 is 12.3 Å². The van der Waals surface area contributed by atoms with Crippen molar-refractivity contribution in [1.82, 2.24) is 5.32 Å². The van der Waals surface area contributed by atoms with Crippen LogP contribution in [0.2, 0.25) is 0 Å². The van der Waals surface area contributed by atoms with Crippen LogP contribution in [0.25, 0.3) is 0 Å². The van der Waals surface area contributed by atoms with Gasteiger partial charge in [-0.3, -0.25) is 4.79 Å². The van der Waals surface area contributed by atoms with E-state index < -0.39 is 30.1 Å². The van der Waals surface area contributed by atoms with Gasteiger partial charge in [0.05, 0.1) is 5.56 Å². The third kappa shape index (κ3) is 4.79. The zero-order chi connectivity index (χ0) is 15.3. The standard InChI is InChI=1S/C12H12F3NO4/c1-7(10(17)16-2)19-11(18)8-3-5-9(6-4-8)20-12(13,14)15/h3-7H,1-2H3,(H,16,17)/t7-/m0/s1. The van der Waals surface area contributed by atoms with Crippen molar-refractivity contribution in [2.45, 2.75) is 19.4 Å². The molecule has 0 fully saturated rings. The molecule has 0 aromatic heterocycles. The molecule has 0 bridgehead atoms. The molecular formula is C12H12F3NO4. The Morgan fingerprint density at radius 3 is 2.20 bits per heavy atom. The number of halogens is 3. The number of carbonyl (C=O) groups is 2. The van der Waals surface area contributed by atoms with Gasteiger partial charge in [0.25, 0.3) is 5.91 Å². The van der Waals surface area contributed by atoms with E-state index in [1.165, 1.54) is 14.0 Å². The second-order valence-corrected chi connectivity index (χ2v) is 3.73. The van der Waals surface area contributed by atoms with Gasteiger partial charge in [-0.15, -0.1) is 13.2 Å². The topological polar surface area (TPSA) is 64.6 Å². The van der Waals surface area contributed by atoms with Gasteiger partial charge in [0.1, 0.15) is 5.75 Å². The highest BCUT2D eigenvalue weighted by Gasteiger charge is 2.31. The summed E-state index contributed by atoms with van der Waals surface area (Å²) < 4.78 is 44.3. The average Bonchev–Trinajstić information content (AvgIpc) is 2.36. The van der Waals surface area contributed by atoms with Gasteiger partial charge in [-0.2, -0.15) is 0 Å². The largest absolute Gasteiger partial charge is 0.573 e. The zero-order valence-corrected chi connectivity index (χ0v) is 10.7. The molecule has 0 saturated heterocycles. The van der Waals surface area contributed by atoms with Crippen molar-refractivity contribution in [2.24, 2.45) is 0 Å². The molecule has 8 heteroatoms. The fourth-order valence-electron chi connectivity index (χ4n) is 1.28. The molecule has 1 rings (SSSR count). The summed E-state index contributed by atoms with van der Waals surface area (Å²) in [5.41, 5.74) is 0.00952. The molecule has 1 aromatic rings. The fraction of sp³-hybridized carbons (Fsp3) is 0.333. The van der Waals surface area contributed by atoms with Crippen molar-refractivity contribution < 1.29 is 32.2 Å². The Bertz CT molecular complexity index is 484. The first kappa shape index (κ1) is 15.8. The van der Waals surface area contributed by atoms with Crippen LogP contribution in [-0.4, -0.2) is 31.4 Å². The van der Waals surface area contributed by atoms with Crippen LogP contribution in [0.15, 0.2) is 24.3 Å². The number of nitrogens with one attached hydrogen (secondary N) is 1. The van der Waals surface area contributed by atoms with E-state index in [2.05, 4.69) is 10.1 Å². The highest BCUT2D eigenvalue weighted by Crippen LogP contribution is 2.22. The van der Waals surface area contributed by atoms with Crippen molar-refractivity contribution >= 4 is 11.9 Å². The van der Waals surface area contributed by atoms with Crippen LogP contribution < -0.4 is 10.1 Å². The second kappa shape index (κ2) is 6.27. The monoisotopic (exact) mass is 291 g/mol. The van der Waals surface area contributed by atoms with Crippen molar-refractivity contribution in [3.63, 3.8) is 0 Å². The van der Waals surface area contributed by atoms with Gasteiger partial charge in [-0.25, -0.2) is 4.79 Å². The number of carbonyl (C=O) groups excluding carboxylic acids is 2. The predicted octanol–water partition coefficient (Wildman–Crippen LogP) is 1.88. The summed E-state index contributed by atoms with van der Waals surface area (Å²) in [5.74, 6) is -1.76. The van der Waals surface area contributed by atoms with Crippen molar-refractivity contribution in [2.75, 3.05) is 7.05 Å². The molecule has 0 aliphatic carbocycles. The first-order valence-electron chi connectivity index (χ1n) is 5.51. The summed E-state index contributed by atoms with van der Waals surface area (Å²) in [4.78, 5) is 22.8. The second-order valence-electron chi connectivity index (χ2n) is 3.73. The van der Waals surface area contributed by atoms with Crippen LogP contribution in [0.1, 0.15) is 17.3 Å². The highest BCUT2D eigenvalue weighted by atomic mass is 19.4. The van der Waals surface area contributed by atoms with Crippen LogP contribution in [0.3, 0.4) is 0 Å². The molecular weight excluding hydrogens is 279 g/mol. The molecule has 0 aliphatic rings. The smallest absolute Gasteiger partial charge is 0.449 e. The lowest BCUT2D eigenvalue weighted by Gasteiger charge is -2.12. The van der Waals surface area contributed by atoms with Gasteiger partial charge in [-0.1, -0.05) is 0 Å². The van der Waals surface area contributed by atoms with Crippen LogP contribution in [0.4, 0.5) is 13.2 Å². The van der Waals surface area contributed by atoms with Crippen molar-refractivity contribution in [3.05, 3.63) is 29.8 Å². The molecule has 1 atom stereocenters. The molecule has 5 nitrogen and oxygen atoms in total. The minimum atomic E-state index is -4.80.